The highest BCUT2D eigenvalue weighted by Gasteiger charge is 2.34. The number of carbonyl (C=O) groups excluding carboxylic acids is 1. The molecule has 0 saturated carbocycles. The van der Waals surface area contributed by atoms with Crippen molar-refractivity contribution in [3.8, 4) is 5.75 Å². The maximum Gasteiger partial charge on any atom is 0.251 e. The number of hydrogen-bond donors (Lipinski definition) is 2. The molecular formula is C16H22N2O2. The summed E-state index contributed by atoms with van der Waals surface area (Å²) in [6, 6.07) is 5.96. The Morgan fingerprint density at radius 2 is 2.15 bits per heavy atom. The number of amides is 1. The molecule has 1 aromatic rings. The minimum absolute atomic E-state index is 0.0318. The number of carbonyl (C=O) groups is 1. The van der Waals surface area contributed by atoms with Gasteiger partial charge >= 0.3 is 0 Å². The van der Waals surface area contributed by atoms with E-state index in [4.69, 9.17) is 4.74 Å². The number of hydrogen-bond acceptors (Lipinski definition) is 3. The molecule has 0 radical (unpaired) electrons. The van der Waals surface area contributed by atoms with E-state index in [0.717, 1.165) is 36.5 Å². The number of rotatable bonds is 3. The fraction of sp³-hybridized carbons (Fsp3) is 0.562. The van der Waals surface area contributed by atoms with Gasteiger partial charge in [0, 0.05) is 31.1 Å². The summed E-state index contributed by atoms with van der Waals surface area (Å²) < 4.78 is 5.74. The van der Waals surface area contributed by atoms with Gasteiger partial charge < -0.3 is 15.4 Å². The van der Waals surface area contributed by atoms with Crippen LogP contribution in [0.2, 0.25) is 0 Å². The zero-order valence-electron chi connectivity index (χ0n) is 12.1. The van der Waals surface area contributed by atoms with E-state index in [1.807, 2.05) is 12.1 Å². The molecule has 108 valence electrons. The normalized spacial score (nSPS) is 24.9. The lowest BCUT2D eigenvalue weighted by atomic mass is 9.87. The van der Waals surface area contributed by atoms with Gasteiger partial charge in [-0.05, 0) is 29.5 Å². The van der Waals surface area contributed by atoms with Crippen LogP contribution in [0.1, 0.15) is 35.7 Å². The Labute approximate surface area is 119 Å². The molecule has 1 unspecified atom stereocenters. The van der Waals surface area contributed by atoms with Crippen molar-refractivity contribution in [2.45, 2.75) is 19.8 Å². The van der Waals surface area contributed by atoms with Gasteiger partial charge in [0.1, 0.15) is 5.75 Å². The first-order valence-electron chi connectivity index (χ1n) is 7.41. The molecule has 2 aliphatic rings. The predicted octanol–water partition coefficient (Wildman–Crippen LogP) is 1.77. The lowest BCUT2D eigenvalue weighted by Crippen LogP contribution is -2.28. The highest BCUT2D eigenvalue weighted by Crippen LogP contribution is 2.34. The summed E-state index contributed by atoms with van der Waals surface area (Å²) in [6.45, 7) is 7.60. The fourth-order valence-electron chi connectivity index (χ4n) is 3.04. The second kappa shape index (κ2) is 5.44. The van der Waals surface area contributed by atoms with E-state index in [1.54, 1.807) is 0 Å². The van der Waals surface area contributed by atoms with Crippen LogP contribution < -0.4 is 15.4 Å². The highest BCUT2D eigenvalue weighted by atomic mass is 16.5. The molecule has 2 aliphatic heterocycles. The third kappa shape index (κ3) is 2.52. The number of benzene rings is 1. The van der Waals surface area contributed by atoms with Crippen LogP contribution in [0.4, 0.5) is 0 Å². The summed E-state index contributed by atoms with van der Waals surface area (Å²) in [6.07, 6.45) is 0. The first-order valence-corrected chi connectivity index (χ1v) is 7.41. The van der Waals surface area contributed by atoms with E-state index in [2.05, 4.69) is 30.5 Å². The molecule has 2 atom stereocenters. The lowest BCUT2D eigenvalue weighted by Gasteiger charge is -2.17. The van der Waals surface area contributed by atoms with Gasteiger partial charge in [-0.15, -0.1) is 0 Å². The largest absolute Gasteiger partial charge is 0.493 e. The standard InChI is InChI=1S/C16H22N2O2/c1-10(2)9-20-12-3-4-13-14(5-12)16(19)18-7-11-6-17-8-15(11)13/h3-5,10-11,15,17H,6-9H2,1-2H3,(H,18,19)/t11-,15?/m0/s1. The van der Waals surface area contributed by atoms with Crippen LogP contribution in [-0.4, -0.2) is 32.1 Å². The second-order valence-corrected chi connectivity index (χ2v) is 6.19. The molecule has 1 amide bonds. The average Bonchev–Trinajstić information content (AvgIpc) is 2.86. The SMILES string of the molecule is CC(C)COc1ccc2c(c1)C(=O)NC[C@@H]1CNCC21. The minimum Gasteiger partial charge on any atom is -0.493 e. The van der Waals surface area contributed by atoms with Gasteiger partial charge in [0.25, 0.3) is 5.91 Å². The first kappa shape index (κ1) is 13.4. The quantitative estimate of drug-likeness (QED) is 0.883. The monoisotopic (exact) mass is 274 g/mol. The Balaban J connectivity index is 1.90. The Bertz CT molecular complexity index is 513. The van der Waals surface area contributed by atoms with Crippen molar-refractivity contribution in [2.24, 2.45) is 11.8 Å². The Morgan fingerprint density at radius 3 is 2.95 bits per heavy atom. The summed E-state index contributed by atoms with van der Waals surface area (Å²) in [7, 11) is 0. The van der Waals surface area contributed by atoms with E-state index in [-0.39, 0.29) is 5.91 Å². The van der Waals surface area contributed by atoms with Gasteiger partial charge in [0.2, 0.25) is 0 Å². The van der Waals surface area contributed by atoms with E-state index < -0.39 is 0 Å². The Hall–Kier alpha value is -1.55. The molecule has 3 rings (SSSR count). The smallest absolute Gasteiger partial charge is 0.251 e. The van der Waals surface area contributed by atoms with Gasteiger partial charge in [0.15, 0.2) is 0 Å². The topological polar surface area (TPSA) is 50.4 Å². The van der Waals surface area contributed by atoms with E-state index in [1.165, 1.54) is 0 Å². The van der Waals surface area contributed by atoms with Gasteiger partial charge in [0.05, 0.1) is 6.61 Å². The van der Waals surface area contributed by atoms with E-state index in [9.17, 15) is 4.79 Å². The van der Waals surface area contributed by atoms with Gasteiger partial charge in [-0.2, -0.15) is 0 Å². The second-order valence-electron chi connectivity index (χ2n) is 6.19. The summed E-state index contributed by atoms with van der Waals surface area (Å²) in [5.74, 6) is 2.23. The molecule has 0 aliphatic carbocycles. The molecule has 0 bridgehead atoms. The Kier molecular flexibility index (Phi) is 3.66. The molecule has 20 heavy (non-hydrogen) atoms. The molecule has 1 fully saturated rings. The van der Waals surface area contributed by atoms with Crippen molar-refractivity contribution in [3.05, 3.63) is 29.3 Å². The van der Waals surface area contributed by atoms with Crippen molar-refractivity contribution in [1.29, 1.82) is 0 Å². The zero-order chi connectivity index (χ0) is 14.1. The molecule has 4 nitrogen and oxygen atoms in total. The molecular weight excluding hydrogens is 252 g/mol. The van der Waals surface area contributed by atoms with Crippen molar-refractivity contribution < 1.29 is 9.53 Å². The van der Waals surface area contributed by atoms with Gasteiger partial charge in [-0.3, -0.25) is 4.79 Å². The van der Waals surface area contributed by atoms with E-state index in [0.29, 0.717) is 24.4 Å². The van der Waals surface area contributed by atoms with Crippen LogP contribution in [0, 0.1) is 11.8 Å². The summed E-state index contributed by atoms with van der Waals surface area (Å²) in [4.78, 5) is 12.2. The summed E-state index contributed by atoms with van der Waals surface area (Å²) in [5.41, 5.74) is 1.94. The number of ether oxygens (including phenoxy) is 1. The Morgan fingerprint density at radius 1 is 1.30 bits per heavy atom. The number of nitrogens with one attached hydrogen (secondary N) is 2. The van der Waals surface area contributed by atoms with Gasteiger partial charge in [-0.25, -0.2) is 0 Å². The van der Waals surface area contributed by atoms with Crippen LogP contribution in [0.5, 0.6) is 5.75 Å². The zero-order valence-corrected chi connectivity index (χ0v) is 12.1. The molecule has 2 N–H and O–H groups in total. The van der Waals surface area contributed by atoms with Crippen molar-refractivity contribution >= 4 is 5.91 Å². The maximum atomic E-state index is 12.2. The van der Waals surface area contributed by atoms with Crippen molar-refractivity contribution in [2.75, 3.05) is 26.2 Å². The van der Waals surface area contributed by atoms with Crippen molar-refractivity contribution in [3.63, 3.8) is 0 Å². The summed E-state index contributed by atoms with van der Waals surface area (Å²) >= 11 is 0. The first-order chi connectivity index (χ1) is 9.65. The molecule has 1 aromatic carbocycles. The van der Waals surface area contributed by atoms with Crippen LogP contribution in [-0.2, 0) is 0 Å². The molecule has 2 heterocycles. The van der Waals surface area contributed by atoms with Crippen LogP contribution in [0.25, 0.3) is 0 Å². The molecule has 0 spiro atoms. The lowest BCUT2D eigenvalue weighted by molar-refractivity contribution is 0.0952. The third-order valence-corrected chi connectivity index (χ3v) is 4.12. The number of fused-ring (bicyclic) bond motifs is 3. The van der Waals surface area contributed by atoms with Gasteiger partial charge in [-0.1, -0.05) is 19.9 Å². The maximum absolute atomic E-state index is 12.2. The van der Waals surface area contributed by atoms with Crippen LogP contribution in [0.3, 0.4) is 0 Å². The molecule has 1 saturated heterocycles. The fourth-order valence-corrected chi connectivity index (χ4v) is 3.04. The predicted molar refractivity (Wildman–Crippen MR) is 78.2 cm³/mol. The third-order valence-electron chi connectivity index (χ3n) is 4.12. The van der Waals surface area contributed by atoms with E-state index >= 15 is 0 Å². The molecule has 0 aromatic heterocycles. The summed E-state index contributed by atoms with van der Waals surface area (Å²) in [5, 5.41) is 6.45. The average molecular weight is 274 g/mol. The van der Waals surface area contributed by atoms with Crippen LogP contribution in [0.15, 0.2) is 18.2 Å². The molecule has 4 heteroatoms. The van der Waals surface area contributed by atoms with Crippen LogP contribution >= 0.6 is 0 Å². The highest BCUT2D eigenvalue weighted by molar-refractivity contribution is 5.96. The van der Waals surface area contributed by atoms with Crippen molar-refractivity contribution in [1.82, 2.24) is 10.6 Å². The minimum atomic E-state index is 0.0318.